The number of aliphatic hydroxyl groups is 1. The van der Waals surface area contributed by atoms with Gasteiger partial charge in [-0.3, -0.25) is 9.59 Å². The quantitative estimate of drug-likeness (QED) is 0.279. The smallest absolute Gasteiger partial charge is 0.295 e. The summed E-state index contributed by atoms with van der Waals surface area (Å²) in [5.41, 5.74) is 1.85. The second-order valence-electron chi connectivity index (χ2n) is 8.25. The summed E-state index contributed by atoms with van der Waals surface area (Å²) < 4.78 is 15.8. The topological polar surface area (TPSA) is 106 Å². The van der Waals surface area contributed by atoms with E-state index in [1.165, 1.54) is 24.1 Å². The first-order valence-electron chi connectivity index (χ1n) is 11.3. The van der Waals surface area contributed by atoms with E-state index in [0.717, 1.165) is 5.56 Å². The highest BCUT2D eigenvalue weighted by Gasteiger charge is 2.45. The van der Waals surface area contributed by atoms with Crippen LogP contribution in [-0.4, -0.2) is 54.7 Å². The lowest BCUT2D eigenvalue weighted by molar-refractivity contribution is -0.139. The molecule has 0 aromatic heterocycles. The number of nitrogens with zero attached hydrogens (tertiary/aromatic N) is 1. The van der Waals surface area contributed by atoms with Crippen molar-refractivity contribution >= 4 is 17.4 Å². The van der Waals surface area contributed by atoms with Gasteiger partial charge in [0.15, 0.2) is 11.5 Å². The predicted octanol–water partition coefficient (Wildman–Crippen LogP) is 4.08. The van der Waals surface area contributed by atoms with Crippen LogP contribution in [0.1, 0.15) is 22.7 Å². The monoisotopic (exact) mass is 489 g/mol. The van der Waals surface area contributed by atoms with Gasteiger partial charge in [0.05, 0.1) is 32.9 Å². The fourth-order valence-electron chi connectivity index (χ4n) is 4.30. The molecule has 3 aromatic rings. The Morgan fingerprint density at radius 2 is 1.53 bits per heavy atom. The van der Waals surface area contributed by atoms with Crippen molar-refractivity contribution in [1.82, 2.24) is 4.90 Å². The third-order valence-electron chi connectivity index (χ3n) is 6.20. The molecule has 1 saturated heterocycles. The van der Waals surface area contributed by atoms with E-state index in [0.29, 0.717) is 34.8 Å². The van der Waals surface area contributed by atoms with Crippen LogP contribution in [0.4, 0.5) is 0 Å². The van der Waals surface area contributed by atoms with Crippen LogP contribution in [0.5, 0.6) is 23.0 Å². The summed E-state index contributed by atoms with van der Waals surface area (Å²) in [5, 5.41) is 20.9. The van der Waals surface area contributed by atoms with Crippen molar-refractivity contribution in [2.24, 2.45) is 0 Å². The van der Waals surface area contributed by atoms with Gasteiger partial charge in [-0.2, -0.15) is 0 Å². The SMILES string of the molecule is COc1ccc(/C(O)=C2\C(=O)C(=O)N(CCc3ccc(OC)c(OC)c3)C2c2ccc(O)cc2)cc1. The second-order valence-corrected chi connectivity index (χ2v) is 8.25. The van der Waals surface area contributed by atoms with Gasteiger partial charge >= 0.3 is 0 Å². The third-order valence-corrected chi connectivity index (χ3v) is 6.20. The number of phenols is 1. The molecule has 1 aliphatic heterocycles. The molecule has 36 heavy (non-hydrogen) atoms. The van der Waals surface area contributed by atoms with E-state index in [1.807, 2.05) is 12.1 Å². The van der Waals surface area contributed by atoms with Gasteiger partial charge in [-0.25, -0.2) is 0 Å². The standard InChI is InChI=1S/C28H27NO7/c1-34-21-11-7-19(8-12-21)26(31)24-25(18-5-9-20(30)10-6-18)29(28(33)27(24)32)15-14-17-4-13-22(35-2)23(16-17)36-3/h4-13,16,25,30-31H,14-15H2,1-3H3/b26-24+. The van der Waals surface area contributed by atoms with Gasteiger partial charge in [-0.1, -0.05) is 18.2 Å². The number of phenolic OH excluding ortho intramolecular Hbond substituents is 1. The van der Waals surface area contributed by atoms with Crippen LogP contribution in [0.25, 0.3) is 5.76 Å². The van der Waals surface area contributed by atoms with Crippen LogP contribution in [0, 0.1) is 0 Å². The molecule has 0 saturated carbocycles. The first-order valence-corrected chi connectivity index (χ1v) is 11.3. The Kier molecular flexibility index (Phi) is 7.15. The van der Waals surface area contributed by atoms with Gasteiger partial charge in [0, 0.05) is 12.1 Å². The van der Waals surface area contributed by atoms with Gasteiger partial charge in [0.25, 0.3) is 11.7 Å². The van der Waals surface area contributed by atoms with Crippen molar-refractivity contribution in [3.63, 3.8) is 0 Å². The Bertz CT molecular complexity index is 1300. The number of hydrogen-bond acceptors (Lipinski definition) is 7. The van der Waals surface area contributed by atoms with E-state index < -0.39 is 17.7 Å². The number of methoxy groups -OCH3 is 3. The minimum atomic E-state index is -0.826. The molecule has 0 radical (unpaired) electrons. The van der Waals surface area contributed by atoms with Crippen LogP contribution < -0.4 is 14.2 Å². The molecule has 1 aliphatic rings. The van der Waals surface area contributed by atoms with Crippen molar-refractivity contribution in [3.05, 3.63) is 89.0 Å². The highest BCUT2D eigenvalue weighted by molar-refractivity contribution is 6.46. The Labute approximate surface area is 209 Å². The van der Waals surface area contributed by atoms with E-state index in [2.05, 4.69) is 0 Å². The van der Waals surface area contributed by atoms with Crippen molar-refractivity contribution in [1.29, 1.82) is 0 Å². The maximum absolute atomic E-state index is 13.2. The lowest BCUT2D eigenvalue weighted by Crippen LogP contribution is -2.31. The first-order chi connectivity index (χ1) is 17.4. The zero-order valence-corrected chi connectivity index (χ0v) is 20.2. The van der Waals surface area contributed by atoms with Crippen LogP contribution in [0.3, 0.4) is 0 Å². The molecular formula is C28H27NO7. The second kappa shape index (κ2) is 10.4. The first kappa shape index (κ1) is 24.7. The number of amides is 1. The molecule has 1 atom stereocenters. The molecule has 1 amide bonds. The molecule has 3 aromatic carbocycles. The fraction of sp³-hybridized carbons (Fsp3) is 0.214. The molecule has 2 N–H and O–H groups in total. The number of hydrogen-bond donors (Lipinski definition) is 2. The van der Waals surface area contributed by atoms with E-state index in [1.54, 1.807) is 56.7 Å². The summed E-state index contributed by atoms with van der Waals surface area (Å²) >= 11 is 0. The number of likely N-dealkylation sites (tertiary alicyclic amines) is 1. The number of aromatic hydroxyl groups is 1. The van der Waals surface area contributed by atoms with Crippen molar-refractivity contribution in [2.45, 2.75) is 12.5 Å². The average Bonchev–Trinajstić information content (AvgIpc) is 3.16. The maximum atomic E-state index is 13.2. The summed E-state index contributed by atoms with van der Waals surface area (Å²) in [6.07, 6.45) is 0.435. The molecule has 4 rings (SSSR count). The number of carbonyl (C=O) groups is 2. The van der Waals surface area contributed by atoms with E-state index in [9.17, 15) is 19.8 Å². The van der Waals surface area contributed by atoms with E-state index in [4.69, 9.17) is 14.2 Å². The van der Waals surface area contributed by atoms with Crippen LogP contribution in [-0.2, 0) is 16.0 Å². The predicted molar refractivity (Wildman–Crippen MR) is 133 cm³/mol. The van der Waals surface area contributed by atoms with Gasteiger partial charge in [-0.05, 0) is 66.1 Å². The number of benzene rings is 3. The summed E-state index contributed by atoms with van der Waals surface area (Å²) in [4.78, 5) is 27.8. The maximum Gasteiger partial charge on any atom is 0.295 e. The Morgan fingerprint density at radius 1 is 0.861 bits per heavy atom. The number of ketones is 1. The molecule has 1 heterocycles. The lowest BCUT2D eigenvalue weighted by atomic mass is 9.95. The highest BCUT2D eigenvalue weighted by Crippen LogP contribution is 2.40. The van der Waals surface area contributed by atoms with Gasteiger partial charge < -0.3 is 29.3 Å². The highest BCUT2D eigenvalue weighted by atomic mass is 16.5. The zero-order chi connectivity index (χ0) is 25.8. The summed E-state index contributed by atoms with van der Waals surface area (Å²) in [6.45, 7) is 0.213. The minimum absolute atomic E-state index is 0.0110. The van der Waals surface area contributed by atoms with Crippen molar-refractivity contribution < 1.29 is 34.0 Å². The Hall–Kier alpha value is -4.46. The normalized spacial score (nSPS) is 16.8. The summed E-state index contributed by atoms with van der Waals surface area (Å²) in [6, 6.07) is 17.5. The molecule has 8 heteroatoms. The molecule has 1 unspecified atom stereocenters. The van der Waals surface area contributed by atoms with Gasteiger partial charge in [0.2, 0.25) is 0 Å². The Balaban J connectivity index is 1.73. The van der Waals surface area contributed by atoms with E-state index >= 15 is 0 Å². The van der Waals surface area contributed by atoms with Crippen LogP contribution >= 0.6 is 0 Å². The molecule has 0 bridgehead atoms. The van der Waals surface area contributed by atoms with Crippen molar-refractivity contribution in [2.75, 3.05) is 27.9 Å². The third kappa shape index (κ3) is 4.70. The molecule has 8 nitrogen and oxygen atoms in total. The zero-order valence-electron chi connectivity index (χ0n) is 20.2. The largest absolute Gasteiger partial charge is 0.508 e. The molecule has 0 aliphatic carbocycles. The summed E-state index contributed by atoms with van der Waals surface area (Å²) in [5.74, 6) is 0.0464. The van der Waals surface area contributed by atoms with Crippen LogP contribution in [0.2, 0.25) is 0 Å². The molecule has 186 valence electrons. The van der Waals surface area contributed by atoms with Crippen molar-refractivity contribution in [3.8, 4) is 23.0 Å². The summed E-state index contributed by atoms with van der Waals surface area (Å²) in [7, 11) is 4.63. The average molecular weight is 490 g/mol. The molecule has 1 fully saturated rings. The van der Waals surface area contributed by atoms with Crippen LogP contribution in [0.15, 0.2) is 72.3 Å². The number of rotatable bonds is 8. The number of Topliss-reactive ketones (excluding diaryl/α,β-unsaturated/α-hetero) is 1. The Morgan fingerprint density at radius 3 is 2.14 bits per heavy atom. The van der Waals surface area contributed by atoms with Gasteiger partial charge in [0.1, 0.15) is 17.3 Å². The van der Waals surface area contributed by atoms with Gasteiger partial charge in [-0.15, -0.1) is 0 Å². The number of ether oxygens (including phenoxy) is 3. The fourth-order valence-corrected chi connectivity index (χ4v) is 4.30. The van der Waals surface area contributed by atoms with E-state index in [-0.39, 0.29) is 23.6 Å². The number of aliphatic hydroxyl groups excluding tert-OH is 1. The molecule has 0 spiro atoms. The number of carbonyl (C=O) groups excluding carboxylic acids is 2. The minimum Gasteiger partial charge on any atom is -0.508 e. The molecular weight excluding hydrogens is 462 g/mol. The lowest BCUT2D eigenvalue weighted by Gasteiger charge is -2.25.